The van der Waals surface area contributed by atoms with Gasteiger partial charge in [0.1, 0.15) is 0 Å². The van der Waals surface area contributed by atoms with E-state index in [1.54, 1.807) is 0 Å². The van der Waals surface area contributed by atoms with E-state index in [-0.39, 0.29) is 0 Å². The molecule has 102 valence electrons. The van der Waals surface area contributed by atoms with Crippen molar-refractivity contribution in [3.63, 3.8) is 0 Å². The minimum atomic E-state index is 0.589. The summed E-state index contributed by atoms with van der Waals surface area (Å²) >= 11 is 0. The summed E-state index contributed by atoms with van der Waals surface area (Å²) in [4.78, 5) is 2.81. The molecule has 1 aromatic carbocycles. The Morgan fingerprint density at radius 1 is 1.16 bits per heavy atom. The van der Waals surface area contributed by atoms with Crippen molar-refractivity contribution in [3.05, 3.63) is 35.9 Å². The van der Waals surface area contributed by atoms with Gasteiger partial charge in [-0.1, -0.05) is 37.3 Å². The number of benzene rings is 1. The maximum Gasteiger partial charge on any atom is 0.0476 e. The van der Waals surface area contributed by atoms with E-state index in [4.69, 9.17) is 0 Å². The van der Waals surface area contributed by atoms with E-state index < -0.39 is 0 Å². The van der Waals surface area contributed by atoms with Crippen molar-refractivity contribution in [2.24, 2.45) is 11.8 Å². The van der Waals surface area contributed by atoms with Crippen molar-refractivity contribution >= 4 is 0 Å². The molecular weight excluding hydrogens is 232 g/mol. The lowest BCUT2D eigenvalue weighted by atomic mass is 9.99. The normalized spacial score (nSPS) is 39.2. The average Bonchev–Trinajstić information content (AvgIpc) is 3.34. The fourth-order valence-electron chi connectivity index (χ4n) is 3.73. The monoisotopic (exact) mass is 256 g/mol. The van der Waals surface area contributed by atoms with Crippen LogP contribution >= 0.6 is 0 Å². The van der Waals surface area contributed by atoms with Crippen LogP contribution < -0.4 is 5.32 Å². The standard InChI is InChI=1S/C17H24N2/c1-12-9-16(12)19-11-15(13-7-8-13)18-10-17(19)14-5-3-2-4-6-14/h2-6,12-13,15-18H,7-11H2,1H3. The molecule has 2 nitrogen and oxygen atoms in total. The molecular formula is C17H24N2. The van der Waals surface area contributed by atoms with Crippen molar-refractivity contribution < 1.29 is 0 Å². The van der Waals surface area contributed by atoms with Crippen LogP contribution in [0.25, 0.3) is 0 Å². The summed E-state index contributed by atoms with van der Waals surface area (Å²) in [6, 6.07) is 13.3. The van der Waals surface area contributed by atoms with E-state index >= 15 is 0 Å². The maximum atomic E-state index is 3.82. The van der Waals surface area contributed by atoms with Crippen molar-refractivity contribution in [1.29, 1.82) is 0 Å². The summed E-state index contributed by atoms with van der Waals surface area (Å²) in [5.74, 6) is 1.87. The maximum absolute atomic E-state index is 3.82. The number of nitrogens with zero attached hydrogens (tertiary/aromatic N) is 1. The van der Waals surface area contributed by atoms with Crippen LogP contribution in [0.3, 0.4) is 0 Å². The predicted octanol–water partition coefficient (Wildman–Crippen LogP) is 2.82. The van der Waals surface area contributed by atoms with Crippen LogP contribution in [0.5, 0.6) is 0 Å². The highest BCUT2D eigenvalue weighted by Crippen LogP contribution is 2.43. The molecule has 4 atom stereocenters. The Morgan fingerprint density at radius 2 is 1.89 bits per heavy atom. The molecule has 0 spiro atoms. The van der Waals surface area contributed by atoms with Gasteiger partial charge in [-0.05, 0) is 36.7 Å². The van der Waals surface area contributed by atoms with Gasteiger partial charge in [-0.3, -0.25) is 4.90 Å². The van der Waals surface area contributed by atoms with Gasteiger partial charge in [0.05, 0.1) is 0 Å². The molecule has 2 heteroatoms. The lowest BCUT2D eigenvalue weighted by Crippen LogP contribution is -2.54. The van der Waals surface area contributed by atoms with Crippen molar-refractivity contribution in [2.45, 2.75) is 44.3 Å². The zero-order valence-corrected chi connectivity index (χ0v) is 11.8. The van der Waals surface area contributed by atoms with Crippen LogP contribution in [0.15, 0.2) is 30.3 Å². The second kappa shape index (κ2) is 4.60. The number of rotatable bonds is 3. The van der Waals surface area contributed by atoms with Gasteiger partial charge >= 0.3 is 0 Å². The van der Waals surface area contributed by atoms with E-state index in [1.165, 1.54) is 31.4 Å². The quantitative estimate of drug-likeness (QED) is 0.894. The molecule has 0 bridgehead atoms. The Balaban J connectivity index is 1.55. The van der Waals surface area contributed by atoms with Gasteiger partial charge in [0, 0.05) is 31.2 Å². The first-order valence-electron chi connectivity index (χ1n) is 7.87. The van der Waals surface area contributed by atoms with Crippen molar-refractivity contribution in [2.75, 3.05) is 13.1 Å². The van der Waals surface area contributed by atoms with E-state index in [1.807, 2.05) is 0 Å². The first kappa shape index (κ1) is 11.9. The molecule has 4 unspecified atom stereocenters. The number of nitrogens with one attached hydrogen (secondary N) is 1. The second-order valence-electron chi connectivity index (χ2n) is 6.76. The minimum Gasteiger partial charge on any atom is -0.311 e. The molecule has 0 radical (unpaired) electrons. The molecule has 3 aliphatic rings. The molecule has 0 aromatic heterocycles. The summed E-state index contributed by atoms with van der Waals surface area (Å²) < 4.78 is 0. The Labute approximate surface area is 116 Å². The third-order valence-corrected chi connectivity index (χ3v) is 5.25. The smallest absolute Gasteiger partial charge is 0.0476 e. The summed E-state index contributed by atoms with van der Waals surface area (Å²) in [6.45, 7) is 4.80. The molecule has 3 fully saturated rings. The van der Waals surface area contributed by atoms with E-state index in [2.05, 4.69) is 47.5 Å². The first-order chi connectivity index (χ1) is 9.33. The van der Waals surface area contributed by atoms with Crippen LogP contribution in [-0.4, -0.2) is 30.1 Å². The highest BCUT2D eigenvalue weighted by atomic mass is 15.3. The van der Waals surface area contributed by atoms with Crippen LogP contribution in [0.1, 0.15) is 37.8 Å². The van der Waals surface area contributed by atoms with Gasteiger partial charge in [-0.25, -0.2) is 0 Å². The molecule has 4 rings (SSSR count). The molecule has 2 aliphatic carbocycles. The largest absolute Gasteiger partial charge is 0.311 e. The zero-order chi connectivity index (χ0) is 12.8. The molecule has 1 aliphatic heterocycles. The summed E-state index contributed by atoms with van der Waals surface area (Å²) in [5, 5.41) is 3.82. The number of hydrogen-bond acceptors (Lipinski definition) is 2. The molecule has 19 heavy (non-hydrogen) atoms. The molecule has 1 heterocycles. The zero-order valence-electron chi connectivity index (χ0n) is 11.8. The fraction of sp³-hybridized carbons (Fsp3) is 0.647. The third-order valence-electron chi connectivity index (χ3n) is 5.25. The molecule has 1 aromatic rings. The summed E-state index contributed by atoms with van der Waals surface area (Å²) in [5.41, 5.74) is 1.49. The summed E-state index contributed by atoms with van der Waals surface area (Å²) in [7, 11) is 0. The fourth-order valence-corrected chi connectivity index (χ4v) is 3.73. The van der Waals surface area contributed by atoms with Crippen molar-refractivity contribution in [1.82, 2.24) is 10.2 Å². The average molecular weight is 256 g/mol. The van der Waals surface area contributed by atoms with Crippen LogP contribution in [0.2, 0.25) is 0 Å². The van der Waals surface area contributed by atoms with Gasteiger partial charge in [0.15, 0.2) is 0 Å². The van der Waals surface area contributed by atoms with Gasteiger partial charge in [0.25, 0.3) is 0 Å². The van der Waals surface area contributed by atoms with E-state index in [0.717, 1.165) is 30.5 Å². The van der Waals surface area contributed by atoms with Crippen LogP contribution in [0.4, 0.5) is 0 Å². The van der Waals surface area contributed by atoms with Gasteiger partial charge < -0.3 is 5.32 Å². The van der Waals surface area contributed by atoms with Gasteiger partial charge in [-0.15, -0.1) is 0 Å². The topological polar surface area (TPSA) is 15.3 Å². The van der Waals surface area contributed by atoms with Gasteiger partial charge in [-0.2, -0.15) is 0 Å². The van der Waals surface area contributed by atoms with E-state index in [0.29, 0.717) is 6.04 Å². The van der Waals surface area contributed by atoms with Crippen molar-refractivity contribution in [3.8, 4) is 0 Å². The lowest BCUT2D eigenvalue weighted by Gasteiger charge is -2.41. The third kappa shape index (κ3) is 2.32. The van der Waals surface area contributed by atoms with Gasteiger partial charge in [0.2, 0.25) is 0 Å². The Morgan fingerprint density at radius 3 is 2.53 bits per heavy atom. The number of hydrogen-bond donors (Lipinski definition) is 1. The highest BCUT2D eigenvalue weighted by Gasteiger charge is 2.46. The SMILES string of the molecule is CC1CC1N1CC(C2CC2)NCC1c1ccccc1. The first-order valence-corrected chi connectivity index (χ1v) is 7.87. The molecule has 2 saturated carbocycles. The van der Waals surface area contributed by atoms with Crippen LogP contribution in [0, 0.1) is 11.8 Å². The Hall–Kier alpha value is -0.860. The Kier molecular flexibility index (Phi) is 2.89. The summed E-state index contributed by atoms with van der Waals surface area (Å²) in [6.07, 6.45) is 4.30. The van der Waals surface area contributed by atoms with E-state index in [9.17, 15) is 0 Å². The second-order valence-corrected chi connectivity index (χ2v) is 6.76. The predicted molar refractivity (Wildman–Crippen MR) is 78.0 cm³/mol. The lowest BCUT2D eigenvalue weighted by molar-refractivity contribution is 0.109. The Bertz CT molecular complexity index is 440. The number of piperazine rings is 1. The molecule has 1 N–H and O–H groups in total. The highest BCUT2D eigenvalue weighted by molar-refractivity contribution is 5.21. The molecule has 1 saturated heterocycles. The van der Waals surface area contributed by atoms with Crippen LogP contribution in [-0.2, 0) is 0 Å². The minimum absolute atomic E-state index is 0.589. The molecule has 0 amide bonds.